The van der Waals surface area contributed by atoms with Gasteiger partial charge in [-0.2, -0.15) is 0 Å². The standard InChI is InChI=1S/C8H16F2/c1-4-7(8(9)10)5-6(2)3/h6-8H,4-5H2,1-3H3. The van der Waals surface area contributed by atoms with Crippen LogP contribution in [-0.2, 0) is 0 Å². The lowest BCUT2D eigenvalue weighted by Crippen LogP contribution is -2.12. The van der Waals surface area contributed by atoms with E-state index in [2.05, 4.69) is 0 Å². The molecular weight excluding hydrogens is 134 g/mol. The van der Waals surface area contributed by atoms with Crippen LogP contribution in [0.3, 0.4) is 0 Å². The fourth-order valence-electron chi connectivity index (χ4n) is 1.05. The van der Waals surface area contributed by atoms with Gasteiger partial charge in [0.25, 0.3) is 0 Å². The maximum Gasteiger partial charge on any atom is 0.241 e. The second kappa shape index (κ2) is 4.64. The molecule has 0 aromatic carbocycles. The van der Waals surface area contributed by atoms with E-state index in [1.807, 2.05) is 20.8 Å². The highest BCUT2D eigenvalue weighted by molar-refractivity contribution is 4.61. The number of hydrogen-bond donors (Lipinski definition) is 0. The highest BCUT2D eigenvalue weighted by Crippen LogP contribution is 2.21. The second-order valence-corrected chi connectivity index (χ2v) is 3.13. The first-order valence-corrected chi connectivity index (χ1v) is 3.86. The average Bonchev–Trinajstić information content (AvgIpc) is 1.81. The topological polar surface area (TPSA) is 0 Å². The molecule has 0 saturated carbocycles. The predicted molar refractivity (Wildman–Crippen MR) is 39.2 cm³/mol. The van der Waals surface area contributed by atoms with Gasteiger partial charge in [-0.1, -0.05) is 20.8 Å². The van der Waals surface area contributed by atoms with Gasteiger partial charge in [-0.15, -0.1) is 0 Å². The molecule has 0 aliphatic heterocycles. The van der Waals surface area contributed by atoms with Crippen LogP contribution in [0.25, 0.3) is 0 Å². The van der Waals surface area contributed by atoms with Crippen molar-refractivity contribution in [1.29, 1.82) is 0 Å². The van der Waals surface area contributed by atoms with Gasteiger partial charge < -0.3 is 0 Å². The number of rotatable bonds is 4. The average molecular weight is 150 g/mol. The molecule has 0 saturated heterocycles. The van der Waals surface area contributed by atoms with Crippen LogP contribution in [0.4, 0.5) is 8.78 Å². The van der Waals surface area contributed by atoms with Crippen molar-refractivity contribution in [3.63, 3.8) is 0 Å². The molecule has 0 nitrogen and oxygen atoms in total. The fraction of sp³-hybridized carbons (Fsp3) is 1.00. The first-order chi connectivity index (χ1) is 4.57. The summed E-state index contributed by atoms with van der Waals surface area (Å²) in [7, 11) is 0. The van der Waals surface area contributed by atoms with E-state index in [4.69, 9.17) is 0 Å². The van der Waals surface area contributed by atoms with Crippen molar-refractivity contribution in [2.24, 2.45) is 11.8 Å². The van der Waals surface area contributed by atoms with Gasteiger partial charge in [0.15, 0.2) is 0 Å². The maximum absolute atomic E-state index is 12.1. The van der Waals surface area contributed by atoms with E-state index in [0.29, 0.717) is 18.8 Å². The Labute approximate surface area is 61.6 Å². The summed E-state index contributed by atoms with van der Waals surface area (Å²) in [4.78, 5) is 0. The number of hydrogen-bond acceptors (Lipinski definition) is 0. The van der Waals surface area contributed by atoms with Crippen molar-refractivity contribution in [2.45, 2.75) is 40.0 Å². The summed E-state index contributed by atoms with van der Waals surface area (Å²) in [5.41, 5.74) is 0. The van der Waals surface area contributed by atoms with Crippen LogP contribution in [0.5, 0.6) is 0 Å². The normalized spacial score (nSPS) is 14.7. The molecule has 1 unspecified atom stereocenters. The van der Waals surface area contributed by atoms with Gasteiger partial charge in [-0.3, -0.25) is 0 Å². The van der Waals surface area contributed by atoms with Crippen molar-refractivity contribution in [3.8, 4) is 0 Å². The van der Waals surface area contributed by atoms with Gasteiger partial charge in [0.2, 0.25) is 6.43 Å². The molecule has 0 rings (SSSR count). The summed E-state index contributed by atoms with van der Waals surface area (Å²) in [6, 6.07) is 0. The first-order valence-electron chi connectivity index (χ1n) is 3.86. The summed E-state index contributed by atoms with van der Waals surface area (Å²) < 4.78 is 24.1. The maximum atomic E-state index is 12.1. The SMILES string of the molecule is CCC(CC(C)C)C(F)F. The lowest BCUT2D eigenvalue weighted by molar-refractivity contribution is 0.0633. The lowest BCUT2D eigenvalue weighted by Gasteiger charge is -2.15. The smallest absolute Gasteiger partial charge is 0.210 e. The summed E-state index contributed by atoms with van der Waals surface area (Å²) in [6.45, 7) is 5.77. The largest absolute Gasteiger partial charge is 0.241 e. The minimum atomic E-state index is -2.13. The molecule has 0 aliphatic carbocycles. The molecule has 0 aliphatic rings. The zero-order chi connectivity index (χ0) is 8.15. The monoisotopic (exact) mass is 150 g/mol. The van der Waals surface area contributed by atoms with Crippen LogP contribution < -0.4 is 0 Å². The molecule has 0 N–H and O–H groups in total. The molecule has 0 bridgehead atoms. The van der Waals surface area contributed by atoms with Gasteiger partial charge in [0, 0.05) is 5.92 Å². The van der Waals surface area contributed by atoms with E-state index in [9.17, 15) is 8.78 Å². The Morgan fingerprint density at radius 2 is 1.70 bits per heavy atom. The van der Waals surface area contributed by atoms with E-state index >= 15 is 0 Å². The second-order valence-electron chi connectivity index (χ2n) is 3.13. The van der Waals surface area contributed by atoms with Crippen LogP contribution in [-0.4, -0.2) is 6.43 Å². The Bertz CT molecular complexity index is 79.3. The van der Waals surface area contributed by atoms with Crippen molar-refractivity contribution in [1.82, 2.24) is 0 Å². The molecule has 0 aromatic heterocycles. The van der Waals surface area contributed by atoms with Gasteiger partial charge in [0.05, 0.1) is 0 Å². The molecule has 0 aromatic rings. The van der Waals surface area contributed by atoms with E-state index < -0.39 is 6.43 Å². The summed E-state index contributed by atoms with van der Waals surface area (Å²) in [5, 5.41) is 0. The molecule has 10 heavy (non-hydrogen) atoms. The molecule has 62 valence electrons. The Balaban J connectivity index is 3.60. The highest BCUT2D eigenvalue weighted by atomic mass is 19.3. The van der Waals surface area contributed by atoms with E-state index in [1.165, 1.54) is 0 Å². The molecule has 0 spiro atoms. The van der Waals surface area contributed by atoms with Gasteiger partial charge in [-0.25, -0.2) is 8.78 Å². The number of alkyl halides is 2. The summed E-state index contributed by atoms with van der Waals surface area (Å²) >= 11 is 0. The predicted octanol–water partition coefficient (Wildman–Crippen LogP) is 3.32. The van der Waals surface area contributed by atoms with Crippen molar-refractivity contribution in [2.75, 3.05) is 0 Å². The van der Waals surface area contributed by atoms with Crippen molar-refractivity contribution < 1.29 is 8.78 Å². The molecular formula is C8H16F2. The van der Waals surface area contributed by atoms with Crippen molar-refractivity contribution >= 4 is 0 Å². The molecule has 0 heterocycles. The molecule has 2 heteroatoms. The van der Waals surface area contributed by atoms with Crippen molar-refractivity contribution in [3.05, 3.63) is 0 Å². The molecule has 0 amide bonds. The Kier molecular flexibility index (Phi) is 4.58. The van der Waals surface area contributed by atoms with Gasteiger partial charge >= 0.3 is 0 Å². The third-order valence-corrected chi connectivity index (χ3v) is 1.65. The molecule has 0 fully saturated rings. The van der Waals surface area contributed by atoms with E-state index in [0.717, 1.165) is 0 Å². The van der Waals surface area contributed by atoms with Gasteiger partial charge in [0.1, 0.15) is 0 Å². The van der Waals surface area contributed by atoms with Gasteiger partial charge in [-0.05, 0) is 18.8 Å². The fourth-order valence-corrected chi connectivity index (χ4v) is 1.05. The molecule has 1 atom stereocenters. The third kappa shape index (κ3) is 3.80. The minimum absolute atomic E-state index is 0.388. The van der Waals surface area contributed by atoms with Crippen LogP contribution in [0, 0.1) is 11.8 Å². The Morgan fingerprint density at radius 3 is 1.80 bits per heavy atom. The summed E-state index contributed by atoms with van der Waals surface area (Å²) in [6.07, 6.45) is -0.892. The van der Waals surface area contributed by atoms with E-state index in [1.54, 1.807) is 0 Å². The highest BCUT2D eigenvalue weighted by Gasteiger charge is 2.18. The van der Waals surface area contributed by atoms with Crippen LogP contribution in [0.2, 0.25) is 0 Å². The zero-order valence-corrected chi connectivity index (χ0v) is 6.90. The summed E-state index contributed by atoms with van der Waals surface area (Å²) in [5.74, 6) is -0.000972. The Morgan fingerprint density at radius 1 is 1.20 bits per heavy atom. The van der Waals surface area contributed by atoms with E-state index in [-0.39, 0.29) is 5.92 Å². The Hall–Kier alpha value is -0.140. The van der Waals surface area contributed by atoms with Crippen LogP contribution in [0.15, 0.2) is 0 Å². The number of halogens is 2. The van der Waals surface area contributed by atoms with Crippen LogP contribution >= 0.6 is 0 Å². The quantitative estimate of drug-likeness (QED) is 0.576. The van der Waals surface area contributed by atoms with Crippen LogP contribution in [0.1, 0.15) is 33.6 Å². The lowest BCUT2D eigenvalue weighted by atomic mass is 9.95. The first kappa shape index (κ1) is 9.86. The third-order valence-electron chi connectivity index (χ3n) is 1.65. The zero-order valence-electron chi connectivity index (χ0n) is 6.90. The minimum Gasteiger partial charge on any atom is -0.210 e. The molecule has 0 radical (unpaired) electrons.